The van der Waals surface area contributed by atoms with Crippen LogP contribution >= 0.6 is 11.6 Å². The maximum atomic E-state index is 14.0. The van der Waals surface area contributed by atoms with E-state index >= 15 is 0 Å². The number of methoxy groups -OCH3 is 1. The fraction of sp³-hybridized carbons (Fsp3) is 0.583. The minimum atomic E-state index is -1.17. The van der Waals surface area contributed by atoms with Gasteiger partial charge in [0.1, 0.15) is 24.2 Å². The summed E-state index contributed by atoms with van der Waals surface area (Å²) in [4.78, 5) is 93.5. The molecular formula is C36H54ClN5O9. The normalized spacial score (nSPS) is 14.4. The summed E-state index contributed by atoms with van der Waals surface area (Å²) in [5.41, 5.74) is 0.789. The molecule has 51 heavy (non-hydrogen) atoms. The van der Waals surface area contributed by atoms with Gasteiger partial charge < -0.3 is 35.2 Å². The standard InChI is InChI=1S/C36H54ClN5O9/c1-12-22(6)30(32(45)39-24(8)36(49)50-11)40-29(43)19-41(9)34(47)27(18-25-13-15-26(37)16-14-25)42(10)33(46)23(7)38-31(44)28(17-20(2)3)51-35(48)21(4)5/h13-16,20,22-24,27-28,30H,4,12,17-19H2,1-3,5-11H3,(H,38,44)(H,39,45)(H,40,43)/t22?,23-,24+,27+,28+,30-/m0/s1. The van der Waals surface area contributed by atoms with Crippen molar-refractivity contribution >= 4 is 53.1 Å². The van der Waals surface area contributed by atoms with Gasteiger partial charge in [0.15, 0.2) is 6.10 Å². The molecule has 0 saturated carbocycles. The van der Waals surface area contributed by atoms with Crippen molar-refractivity contribution in [3.63, 3.8) is 0 Å². The van der Waals surface area contributed by atoms with Crippen LogP contribution in [0.5, 0.6) is 0 Å². The zero-order chi connectivity index (χ0) is 39.2. The Hall–Kier alpha value is -4.46. The third kappa shape index (κ3) is 14.4. The molecule has 0 aliphatic rings. The van der Waals surface area contributed by atoms with E-state index in [1.807, 2.05) is 20.8 Å². The molecule has 0 radical (unpaired) electrons. The second kappa shape index (κ2) is 21.0. The van der Waals surface area contributed by atoms with E-state index in [0.29, 0.717) is 17.0 Å². The number of rotatable bonds is 19. The van der Waals surface area contributed by atoms with Crippen LogP contribution in [0.2, 0.25) is 5.02 Å². The molecule has 1 rings (SSSR count). The van der Waals surface area contributed by atoms with Crippen molar-refractivity contribution in [3.8, 4) is 0 Å². The van der Waals surface area contributed by atoms with Crippen molar-refractivity contribution in [3.05, 3.63) is 47.0 Å². The molecule has 0 aliphatic carbocycles. The Bertz CT molecular complexity index is 1420. The molecule has 0 fully saturated rings. The molecule has 284 valence electrons. The SMILES string of the molecule is C=C(C)C(=O)O[C@H](CC(C)C)C(=O)N[C@@H](C)C(=O)N(C)[C@H](Cc1ccc(Cl)cc1)C(=O)N(C)CC(=O)N[C@H](C(=O)N[C@H](C)C(=O)OC)C(C)CC. The average molecular weight is 736 g/mol. The zero-order valence-corrected chi connectivity index (χ0v) is 32.1. The van der Waals surface area contributed by atoms with Gasteiger partial charge in [0.25, 0.3) is 5.91 Å². The predicted molar refractivity (Wildman–Crippen MR) is 192 cm³/mol. The molecule has 1 unspecified atom stereocenters. The number of amides is 5. The molecule has 0 saturated heterocycles. The smallest absolute Gasteiger partial charge is 0.333 e. The Morgan fingerprint density at radius 2 is 1.43 bits per heavy atom. The van der Waals surface area contributed by atoms with Gasteiger partial charge >= 0.3 is 11.9 Å². The van der Waals surface area contributed by atoms with E-state index < -0.39 is 78.3 Å². The van der Waals surface area contributed by atoms with Gasteiger partial charge in [-0.25, -0.2) is 9.59 Å². The van der Waals surface area contributed by atoms with Crippen molar-refractivity contribution in [1.82, 2.24) is 25.8 Å². The fourth-order valence-electron chi connectivity index (χ4n) is 4.93. The van der Waals surface area contributed by atoms with E-state index in [9.17, 15) is 33.6 Å². The van der Waals surface area contributed by atoms with Gasteiger partial charge in [0.2, 0.25) is 23.6 Å². The van der Waals surface area contributed by atoms with E-state index in [-0.39, 0.29) is 30.3 Å². The van der Waals surface area contributed by atoms with E-state index in [1.54, 1.807) is 31.2 Å². The number of hydrogen-bond donors (Lipinski definition) is 3. The molecule has 3 N–H and O–H groups in total. The molecule has 1 aromatic carbocycles. The number of esters is 2. The van der Waals surface area contributed by atoms with Gasteiger partial charge in [-0.15, -0.1) is 0 Å². The molecule has 14 nitrogen and oxygen atoms in total. The molecule has 0 bridgehead atoms. The van der Waals surface area contributed by atoms with Gasteiger partial charge in [-0.3, -0.25) is 24.0 Å². The van der Waals surface area contributed by atoms with Gasteiger partial charge in [-0.2, -0.15) is 0 Å². The van der Waals surface area contributed by atoms with Crippen LogP contribution in [0.4, 0.5) is 0 Å². The lowest BCUT2D eigenvalue weighted by Gasteiger charge is -2.33. The summed E-state index contributed by atoms with van der Waals surface area (Å²) in [5.74, 6) is -4.83. The number of benzene rings is 1. The first-order valence-corrected chi connectivity index (χ1v) is 17.2. The highest BCUT2D eigenvalue weighted by atomic mass is 35.5. The van der Waals surface area contributed by atoms with Crippen LogP contribution in [0.25, 0.3) is 0 Å². The second-order valence-corrected chi connectivity index (χ2v) is 13.6. The lowest BCUT2D eigenvalue weighted by molar-refractivity contribution is -0.154. The van der Waals surface area contributed by atoms with Crippen LogP contribution in [-0.2, 0) is 49.5 Å². The summed E-state index contributed by atoms with van der Waals surface area (Å²) >= 11 is 6.06. The van der Waals surface area contributed by atoms with Gasteiger partial charge in [0, 0.05) is 31.1 Å². The van der Waals surface area contributed by atoms with Crippen molar-refractivity contribution < 1.29 is 43.0 Å². The summed E-state index contributed by atoms with van der Waals surface area (Å²) < 4.78 is 10.0. The maximum Gasteiger partial charge on any atom is 0.333 e. The topological polar surface area (TPSA) is 181 Å². The molecule has 1 aromatic rings. The largest absolute Gasteiger partial charge is 0.467 e. The number of nitrogens with zero attached hydrogens (tertiary/aromatic N) is 2. The minimum absolute atomic E-state index is 0.0141. The van der Waals surface area contributed by atoms with Crippen LogP contribution in [0.1, 0.15) is 66.9 Å². The third-order valence-electron chi connectivity index (χ3n) is 8.23. The number of carbonyl (C=O) groups is 7. The summed E-state index contributed by atoms with van der Waals surface area (Å²) in [6.45, 7) is 14.8. The molecule has 0 heterocycles. The second-order valence-electron chi connectivity index (χ2n) is 13.2. The Balaban J connectivity index is 3.24. The number of ether oxygens (including phenoxy) is 2. The fourth-order valence-corrected chi connectivity index (χ4v) is 5.06. The number of hydrogen-bond acceptors (Lipinski definition) is 9. The van der Waals surface area contributed by atoms with E-state index in [2.05, 4.69) is 27.3 Å². The maximum absolute atomic E-state index is 14.0. The molecule has 6 atom stereocenters. The first-order valence-electron chi connectivity index (χ1n) is 16.8. The van der Waals surface area contributed by atoms with E-state index in [0.717, 1.165) is 4.90 Å². The first-order chi connectivity index (χ1) is 23.7. The summed E-state index contributed by atoms with van der Waals surface area (Å²) in [5, 5.41) is 8.27. The molecule has 15 heteroatoms. The Morgan fingerprint density at radius 3 is 1.94 bits per heavy atom. The van der Waals surface area contributed by atoms with Gasteiger partial charge in [0.05, 0.1) is 13.7 Å². The average Bonchev–Trinajstić information content (AvgIpc) is 3.07. The number of halogens is 1. The van der Waals surface area contributed by atoms with Crippen molar-refractivity contribution in [2.24, 2.45) is 11.8 Å². The van der Waals surface area contributed by atoms with Crippen molar-refractivity contribution in [2.45, 2.75) is 98.0 Å². The lowest BCUT2D eigenvalue weighted by Crippen LogP contribution is -2.57. The Kier molecular flexibility index (Phi) is 18.4. The number of likely N-dealkylation sites (N-methyl/N-ethyl adjacent to an activating group) is 2. The highest BCUT2D eigenvalue weighted by molar-refractivity contribution is 6.30. The van der Waals surface area contributed by atoms with Crippen LogP contribution < -0.4 is 16.0 Å². The summed E-state index contributed by atoms with van der Waals surface area (Å²) in [6, 6.07) is 2.48. The molecule has 0 spiro atoms. The summed E-state index contributed by atoms with van der Waals surface area (Å²) in [6.07, 6.45) is -0.397. The Labute approximate surface area is 306 Å². The number of nitrogens with one attached hydrogen (secondary N) is 3. The first kappa shape index (κ1) is 44.6. The zero-order valence-electron chi connectivity index (χ0n) is 31.3. The predicted octanol–water partition coefficient (Wildman–Crippen LogP) is 2.42. The summed E-state index contributed by atoms with van der Waals surface area (Å²) in [7, 11) is 4.00. The third-order valence-corrected chi connectivity index (χ3v) is 8.48. The van der Waals surface area contributed by atoms with E-state index in [1.165, 1.54) is 46.9 Å². The highest BCUT2D eigenvalue weighted by Crippen LogP contribution is 2.17. The highest BCUT2D eigenvalue weighted by Gasteiger charge is 2.35. The van der Waals surface area contributed by atoms with Crippen LogP contribution in [0.3, 0.4) is 0 Å². The van der Waals surface area contributed by atoms with Crippen LogP contribution in [0.15, 0.2) is 36.4 Å². The van der Waals surface area contributed by atoms with Crippen molar-refractivity contribution in [2.75, 3.05) is 27.7 Å². The van der Waals surface area contributed by atoms with Crippen molar-refractivity contribution in [1.29, 1.82) is 0 Å². The molecule has 5 amide bonds. The lowest BCUT2D eigenvalue weighted by atomic mass is 9.98. The van der Waals surface area contributed by atoms with Crippen LogP contribution in [-0.4, -0.2) is 109 Å². The molecular weight excluding hydrogens is 682 g/mol. The monoisotopic (exact) mass is 735 g/mol. The molecule has 0 aromatic heterocycles. The van der Waals surface area contributed by atoms with E-state index in [4.69, 9.17) is 16.3 Å². The van der Waals surface area contributed by atoms with Gasteiger partial charge in [-0.05, 0) is 56.7 Å². The molecule has 0 aliphatic heterocycles. The number of carbonyl (C=O) groups excluding carboxylic acids is 7. The van der Waals surface area contributed by atoms with Gasteiger partial charge in [-0.1, -0.05) is 64.4 Å². The van der Waals surface area contributed by atoms with Crippen LogP contribution in [0, 0.1) is 11.8 Å². The minimum Gasteiger partial charge on any atom is -0.467 e. The quantitative estimate of drug-likeness (QED) is 0.142. The Morgan fingerprint density at radius 1 is 0.863 bits per heavy atom.